The van der Waals surface area contributed by atoms with Crippen molar-refractivity contribution in [1.82, 2.24) is 9.62 Å². The Labute approximate surface area is 117 Å². The Morgan fingerprint density at radius 2 is 2.16 bits per heavy atom. The van der Waals surface area contributed by atoms with E-state index >= 15 is 0 Å². The third kappa shape index (κ3) is 4.44. The molecule has 6 heteroatoms. The molecule has 110 valence electrons. The van der Waals surface area contributed by atoms with E-state index in [1.807, 2.05) is 6.07 Å². The van der Waals surface area contributed by atoms with Crippen LogP contribution in [-0.2, 0) is 10.0 Å². The topological polar surface area (TPSA) is 73.2 Å². The van der Waals surface area contributed by atoms with Crippen LogP contribution < -0.4 is 5.32 Å². The smallest absolute Gasteiger partial charge is 0.230 e. The number of hydrogen-bond donors (Lipinski definition) is 1. The van der Waals surface area contributed by atoms with Gasteiger partial charge in [0.1, 0.15) is 0 Å². The molecule has 1 heterocycles. The van der Waals surface area contributed by atoms with Crippen LogP contribution in [0.4, 0.5) is 0 Å². The standard InChI is InChI=1S/C13H25N3O2S/c1-4-13(8-14)19(17,18)16-7-5-6-12(10-16)9-15-11(2)3/h11-13,15H,4-7,9-10H2,1-3H3. The lowest BCUT2D eigenvalue weighted by Gasteiger charge is -2.33. The summed E-state index contributed by atoms with van der Waals surface area (Å²) in [5.74, 6) is 0.349. The molecule has 2 atom stereocenters. The average Bonchev–Trinajstić information content (AvgIpc) is 2.38. The highest BCUT2D eigenvalue weighted by atomic mass is 32.2. The Kier molecular flexibility index (Phi) is 6.24. The third-order valence-electron chi connectivity index (χ3n) is 3.53. The van der Waals surface area contributed by atoms with Gasteiger partial charge < -0.3 is 5.32 Å². The van der Waals surface area contributed by atoms with Crippen molar-refractivity contribution in [3.05, 3.63) is 0 Å². The fourth-order valence-electron chi connectivity index (χ4n) is 2.38. The van der Waals surface area contributed by atoms with Crippen LogP contribution in [0.1, 0.15) is 40.0 Å². The molecular weight excluding hydrogens is 262 g/mol. The highest BCUT2D eigenvalue weighted by Crippen LogP contribution is 2.22. The van der Waals surface area contributed by atoms with Crippen molar-refractivity contribution < 1.29 is 8.42 Å². The Morgan fingerprint density at radius 1 is 1.47 bits per heavy atom. The molecule has 0 radical (unpaired) electrons. The van der Waals surface area contributed by atoms with E-state index in [0.717, 1.165) is 19.4 Å². The van der Waals surface area contributed by atoms with Gasteiger partial charge in [-0.2, -0.15) is 5.26 Å². The van der Waals surface area contributed by atoms with Crippen molar-refractivity contribution in [3.63, 3.8) is 0 Å². The van der Waals surface area contributed by atoms with Gasteiger partial charge >= 0.3 is 0 Å². The second kappa shape index (κ2) is 7.22. The normalized spacial score (nSPS) is 23.2. The van der Waals surface area contributed by atoms with E-state index in [2.05, 4.69) is 19.2 Å². The number of nitrogens with zero attached hydrogens (tertiary/aromatic N) is 2. The van der Waals surface area contributed by atoms with Crippen molar-refractivity contribution >= 4 is 10.0 Å². The molecule has 2 unspecified atom stereocenters. The summed E-state index contributed by atoms with van der Waals surface area (Å²) < 4.78 is 26.1. The highest BCUT2D eigenvalue weighted by Gasteiger charge is 2.34. The fourth-order valence-corrected chi connectivity index (χ4v) is 4.09. The van der Waals surface area contributed by atoms with E-state index in [1.54, 1.807) is 6.92 Å². The number of piperidine rings is 1. The lowest BCUT2D eigenvalue weighted by Crippen LogP contribution is -2.46. The summed E-state index contributed by atoms with van der Waals surface area (Å²) in [7, 11) is -3.45. The van der Waals surface area contributed by atoms with E-state index in [9.17, 15) is 8.42 Å². The van der Waals surface area contributed by atoms with Crippen molar-refractivity contribution in [2.45, 2.75) is 51.3 Å². The molecule has 1 aliphatic heterocycles. The van der Waals surface area contributed by atoms with Gasteiger partial charge in [0.15, 0.2) is 5.25 Å². The van der Waals surface area contributed by atoms with Crippen LogP contribution in [0.15, 0.2) is 0 Å². The van der Waals surface area contributed by atoms with Crippen LogP contribution in [0.5, 0.6) is 0 Å². The summed E-state index contributed by atoms with van der Waals surface area (Å²) in [6.45, 7) is 7.85. The quantitative estimate of drug-likeness (QED) is 0.800. The second-order valence-electron chi connectivity index (χ2n) is 5.50. The van der Waals surface area contributed by atoms with Crippen LogP contribution >= 0.6 is 0 Å². The Morgan fingerprint density at radius 3 is 2.68 bits per heavy atom. The summed E-state index contributed by atoms with van der Waals surface area (Å²) in [4.78, 5) is 0. The highest BCUT2D eigenvalue weighted by molar-refractivity contribution is 7.90. The van der Waals surface area contributed by atoms with Crippen LogP contribution in [0.25, 0.3) is 0 Å². The zero-order valence-electron chi connectivity index (χ0n) is 12.1. The molecule has 0 aliphatic carbocycles. The molecule has 1 N–H and O–H groups in total. The minimum absolute atomic E-state index is 0.349. The monoisotopic (exact) mass is 287 g/mol. The minimum atomic E-state index is -3.45. The van der Waals surface area contributed by atoms with Gasteiger partial charge in [0, 0.05) is 19.1 Å². The largest absolute Gasteiger partial charge is 0.314 e. The molecule has 1 rings (SSSR count). The summed E-state index contributed by atoms with van der Waals surface area (Å²) in [6, 6.07) is 2.32. The minimum Gasteiger partial charge on any atom is -0.314 e. The summed E-state index contributed by atoms with van der Waals surface area (Å²) in [5, 5.41) is 11.4. The van der Waals surface area contributed by atoms with Gasteiger partial charge in [-0.05, 0) is 31.7 Å². The lowest BCUT2D eigenvalue weighted by atomic mass is 9.99. The first-order chi connectivity index (χ1) is 8.91. The van der Waals surface area contributed by atoms with Crippen molar-refractivity contribution in [2.75, 3.05) is 19.6 Å². The van der Waals surface area contributed by atoms with E-state index < -0.39 is 15.3 Å². The first-order valence-electron chi connectivity index (χ1n) is 7.03. The van der Waals surface area contributed by atoms with Gasteiger partial charge in [-0.1, -0.05) is 20.8 Å². The molecule has 0 amide bonds. The Hall–Kier alpha value is -0.640. The zero-order chi connectivity index (χ0) is 14.5. The van der Waals surface area contributed by atoms with E-state index in [0.29, 0.717) is 31.5 Å². The van der Waals surface area contributed by atoms with Gasteiger partial charge in [-0.15, -0.1) is 0 Å². The Balaban J connectivity index is 2.66. The van der Waals surface area contributed by atoms with Crippen molar-refractivity contribution in [1.29, 1.82) is 5.26 Å². The van der Waals surface area contributed by atoms with Crippen LogP contribution in [0.3, 0.4) is 0 Å². The molecule has 1 fully saturated rings. The molecule has 0 aromatic heterocycles. The number of rotatable bonds is 6. The lowest BCUT2D eigenvalue weighted by molar-refractivity contribution is 0.255. The maximum absolute atomic E-state index is 12.3. The van der Waals surface area contributed by atoms with Crippen LogP contribution in [0.2, 0.25) is 0 Å². The molecule has 0 saturated carbocycles. The van der Waals surface area contributed by atoms with Crippen molar-refractivity contribution in [3.8, 4) is 6.07 Å². The van der Waals surface area contributed by atoms with E-state index in [-0.39, 0.29) is 0 Å². The first-order valence-corrected chi connectivity index (χ1v) is 8.54. The summed E-state index contributed by atoms with van der Waals surface area (Å²) in [5.41, 5.74) is 0. The molecule has 1 saturated heterocycles. The van der Waals surface area contributed by atoms with E-state index in [4.69, 9.17) is 5.26 Å². The molecule has 0 aromatic carbocycles. The number of sulfonamides is 1. The van der Waals surface area contributed by atoms with E-state index in [1.165, 1.54) is 4.31 Å². The summed E-state index contributed by atoms with van der Waals surface area (Å²) >= 11 is 0. The fraction of sp³-hybridized carbons (Fsp3) is 0.923. The molecule has 0 bridgehead atoms. The number of nitriles is 1. The molecule has 0 spiro atoms. The number of nitrogens with one attached hydrogen (secondary N) is 1. The molecule has 1 aliphatic rings. The van der Waals surface area contributed by atoms with Crippen molar-refractivity contribution in [2.24, 2.45) is 5.92 Å². The first kappa shape index (κ1) is 16.4. The van der Waals surface area contributed by atoms with Gasteiger partial charge in [-0.3, -0.25) is 0 Å². The predicted octanol–water partition coefficient (Wildman–Crippen LogP) is 1.33. The summed E-state index contributed by atoms with van der Waals surface area (Å²) in [6.07, 6.45) is 2.28. The maximum atomic E-state index is 12.3. The average molecular weight is 287 g/mol. The van der Waals surface area contributed by atoms with Gasteiger partial charge in [0.2, 0.25) is 10.0 Å². The zero-order valence-corrected chi connectivity index (χ0v) is 12.9. The number of hydrogen-bond acceptors (Lipinski definition) is 4. The van der Waals surface area contributed by atoms with Gasteiger partial charge in [0.05, 0.1) is 6.07 Å². The van der Waals surface area contributed by atoms with Crippen LogP contribution in [-0.4, -0.2) is 43.6 Å². The maximum Gasteiger partial charge on any atom is 0.230 e. The predicted molar refractivity (Wildman–Crippen MR) is 76.0 cm³/mol. The van der Waals surface area contributed by atoms with Crippen LogP contribution in [0, 0.1) is 17.2 Å². The molecular formula is C13H25N3O2S. The Bertz CT molecular complexity index is 414. The third-order valence-corrected chi connectivity index (χ3v) is 5.74. The molecule has 0 aromatic rings. The van der Waals surface area contributed by atoms with Gasteiger partial charge in [0.25, 0.3) is 0 Å². The molecule has 5 nitrogen and oxygen atoms in total. The van der Waals surface area contributed by atoms with Gasteiger partial charge in [-0.25, -0.2) is 12.7 Å². The molecule has 19 heavy (non-hydrogen) atoms. The SMILES string of the molecule is CCC(C#N)S(=O)(=O)N1CCCC(CNC(C)C)C1. The second-order valence-corrected chi connectivity index (χ2v) is 7.62.